The molecule has 1 saturated heterocycles. The molecule has 1 aromatic carbocycles. The monoisotopic (exact) mass is 357 g/mol. The van der Waals surface area contributed by atoms with Crippen molar-refractivity contribution in [1.29, 1.82) is 0 Å². The largest absolute Gasteiger partial charge is 0.508 e. The molecule has 2 aromatic rings. The number of carbonyl (C=O) groups is 1. The number of phenols is 1. The first-order chi connectivity index (χ1) is 12.2. The topological polar surface area (TPSA) is 49.8 Å². The molecule has 2 aliphatic heterocycles. The van der Waals surface area contributed by atoms with E-state index >= 15 is 0 Å². The van der Waals surface area contributed by atoms with Crippen molar-refractivity contribution in [3.8, 4) is 5.75 Å². The zero-order valence-electron chi connectivity index (χ0n) is 14.2. The fraction of sp³-hybridized carbons (Fsp3) is 0.450. The molecule has 25 heavy (non-hydrogen) atoms. The highest BCUT2D eigenvalue weighted by Gasteiger charge is 2.41. The smallest absolute Gasteiger partial charge is 0.222 e. The van der Waals surface area contributed by atoms with Crippen molar-refractivity contribution < 1.29 is 14.6 Å². The van der Waals surface area contributed by atoms with Crippen LogP contribution in [0.4, 0.5) is 0 Å². The minimum Gasteiger partial charge on any atom is -0.508 e. The van der Waals surface area contributed by atoms with E-state index in [9.17, 15) is 9.90 Å². The molecule has 1 amide bonds. The fourth-order valence-electron chi connectivity index (χ4n) is 3.96. The van der Waals surface area contributed by atoms with Gasteiger partial charge in [-0.2, -0.15) is 0 Å². The molecule has 1 fully saturated rings. The minimum atomic E-state index is -0.165. The van der Waals surface area contributed by atoms with E-state index in [-0.39, 0.29) is 17.3 Å². The molecule has 2 aliphatic rings. The maximum Gasteiger partial charge on any atom is 0.222 e. The number of thiophene rings is 1. The van der Waals surface area contributed by atoms with E-state index < -0.39 is 0 Å². The summed E-state index contributed by atoms with van der Waals surface area (Å²) in [5.74, 6) is 0.473. The van der Waals surface area contributed by atoms with Gasteiger partial charge in [-0.25, -0.2) is 0 Å². The van der Waals surface area contributed by atoms with Crippen LogP contribution in [0.25, 0.3) is 0 Å². The Morgan fingerprint density at radius 1 is 1.20 bits per heavy atom. The van der Waals surface area contributed by atoms with Gasteiger partial charge in [-0.05, 0) is 54.0 Å². The summed E-state index contributed by atoms with van der Waals surface area (Å²) in [4.78, 5) is 16.0. The van der Waals surface area contributed by atoms with E-state index in [1.165, 1.54) is 10.4 Å². The zero-order chi connectivity index (χ0) is 17.3. The van der Waals surface area contributed by atoms with Gasteiger partial charge in [0.25, 0.3) is 0 Å². The second-order valence-electron chi connectivity index (χ2n) is 6.90. The molecule has 132 valence electrons. The Morgan fingerprint density at radius 3 is 2.72 bits per heavy atom. The molecule has 0 saturated carbocycles. The number of phenolic OH excluding ortho intramolecular Hbond substituents is 1. The predicted octanol–water partition coefficient (Wildman–Crippen LogP) is 3.48. The quantitative estimate of drug-likeness (QED) is 0.915. The first kappa shape index (κ1) is 16.6. The van der Waals surface area contributed by atoms with E-state index in [2.05, 4.69) is 11.4 Å². The van der Waals surface area contributed by atoms with E-state index in [0.717, 1.165) is 44.5 Å². The highest BCUT2D eigenvalue weighted by atomic mass is 32.1. The average Bonchev–Trinajstić information content (AvgIpc) is 3.12. The van der Waals surface area contributed by atoms with E-state index in [1.807, 2.05) is 28.4 Å². The number of hydrogen-bond acceptors (Lipinski definition) is 4. The van der Waals surface area contributed by atoms with Crippen molar-refractivity contribution in [3.05, 3.63) is 51.7 Å². The maximum absolute atomic E-state index is 12.5. The summed E-state index contributed by atoms with van der Waals surface area (Å²) in [5, 5.41) is 11.5. The number of piperidine rings is 1. The van der Waals surface area contributed by atoms with Crippen molar-refractivity contribution in [1.82, 2.24) is 4.90 Å². The van der Waals surface area contributed by atoms with E-state index in [1.54, 1.807) is 12.1 Å². The lowest BCUT2D eigenvalue weighted by Crippen LogP contribution is -2.48. The van der Waals surface area contributed by atoms with Gasteiger partial charge in [0.15, 0.2) is 0 Å². The normalized spacial score (nSPS) is 19.0. The summed E-state index contributed by atoms with van der Waals surface area (Å²) >= 11 is 1.83. The third kappa shape index (κ3) is 3.31. The Bertz CT molecular complexity index is 745. The van der Waals surface area contributed by atoms with Crippen molar-refractivity contribution in [2.24, 2.45) is 0 Å². The van der Waals surface area contributed by atoms with Crippen LogP contribution in [0.3, 0.4) is 0 Å². The Kier molecular flexibility index (Phi) is 4.52. The average molecular weight is 357 g/mol. The third-order valence-corrected chi connectivity index (χ3v) is 6.41. The molecule has 4 rings (SSSR count). The third-order valence-electron chi connectivity index (χ3n) is 5.43. The molecule has 0 unspecified atom stereocenters. The number of aromatic hydroxyl groups is 1. The standard InChI is InChI=1S/C20H23NO3S/c22-16-4-1-15(2-5-16)3-6-19(23)21-11-9-20(10-12-21)17-8-14-25-18(17)7-13-24-20/h1-2,4-5,8,14,22H,3,6-7,9-13H2. The first-order valence-electron chi connectivity index (χ1n) is 8.93. The Balaban J connectivity index is 1.34. The van der Waals surface area contributed by atoms with Gasteiger partial charge < -0.3 is 14.7 Å². The van der Waals surface area contributed by atoms with Crippen LogP contribution in [0, 0.1) is 0 Å². The molecule has 3 heterocycles. The molecule has 0 radical (unpaired) electrons. The van der Waals surface area contributed by atoms with Crippen LogP contribution in [0.5, 0.6) is 5.75 Å². The molecule has 0 bridgehead atoms. The summed E-state index contributed by atoms with van der Waals surface area (Å²) in [6.45, 7) is 2.33. The van der Waals surface area contributed by atoms with E-state index in [0.29, 0.717) is 12.8 Å². The Morgan fingerprint density at radius 2 is 1.96 bits per heavy atom. The second-order valence-corrected chi connectivity index (χ2v) is 7.90. The molecule has 1 aromatic heterocycles. The molecule has 1 N–H and O–H groups in total. The lowest BCUT2D eigenvalue weighted by atomic mass is 9.82. The molecular weight excluding hydrogens is 334 g/mol. The number of amides is 1. The van der Waals surface area contributed by atoms with Crippen LogP contribution in [0.15, 0.2) is 35.7 Å². The van der Waals surface area contributed by atoms with Gasteiger partial charge in [0.1, 0.15) is 5.75 Å². The number of nitrogens with zero attached hydrogens (tertiary/aromatic N) is 1. The van der Waals surface area contributed by atoms with Crippen LogP contribution in [0.2, 0.25) is 0 Å². The van der Waals surface area contributed by atoms with Gasteiger partial charge in [0, 0.05) is 30.8 Å². The minimum absolute atomic E-state index is 0.165. The van der Waals surface area contributed by atoms with Crippen molar-refractivity contribution in [3.63, 3.8) is 0 Å². The lowest BCUT2D eigenvalue weighted by Gasteiger charge is -2.44. The van der Waals surface area contributed by atoms with Gasteiger partial charge in [-0.3, -0.25) is 4.79 Å². The van der Waals surface area contributed by atoms with Gasteiger partial charge >= 0.3 is 0 Å². The van der Waals surface area contributed by atoms with Crippen LogP contribution in [-0.4, -0.2) is 35.6 Å². The summed E-state index contributed by atoms with van der Waals surface area (Å²) in [6.07, 6.45) is 4.03. The van der Waals surface area contributed by atoms with Crippen molar-refractivity contribution >= 4 is 17.2 Å². The SMILES string of the molecule is O=C(CCc1ccc(O)cc1)N1CCC2(CC1)OCCc1sccc12. The summed E-state index contributed by atoms with van der Waals surface area (Å²) in [6, 6.07) is 9.30. The number of benzene rings is 1. The number of fused-ring (bicyclic) bond motifs is 2. The summed E-state index contributed by atoms with van der Waals surface area (Å²) < 4.78 is 6.20. The van der Waals surface area contributed by atoms with Crippen molar-refractivity contribution in [2.75, 3.05) is 19.7 Å². The van der Waals surface area contributed by atoms with Crippen LogP contribution in [0.1, 0.15) is 35.3 Å². The number of ether oxygens (including phenoxy) is 1. The lowest BCUT2D eigenvalue weighted by molar-refractivity contribution is -0.140. The first-order valence-corrected chi connectivity index (χ1v) is 9.81. The molecule has 5 heteroatoms. The number of aryl methyl sites for hydroxylation is 1. The fourth-order valence-corrected chi connectivity index (χ4v) is 4.91. The highest BCUT2D eigenvalue weighted by molar-refractivity contribution is 7.10. The number of carbonyl (C=O) groups excluding carboxylic acids is 1. The molecule has 1 spiro atoms. The molecule has 4 nitrogen and oxygen atoms in total. The van der Waals surface area contributed by atoms with Gasteiger partial charge in [-0.15, -0.1) is 11.3 Å². The van der Waals surface area contributed by atoms with Crippen molar-refractivity contribution in [2.45, 2.75) is 37.7 Å². The molecule has 0 aliphatic carbocycles. The van der Waals surface area contributed by atoms with Gasteiger partial charge in [0.2, 0.25) is 5.91 Å². The summed E-state index contributed by atoms with van der Waals surface area (Å²) in [7, 11) is 0. The number of likely N-dealkylation sites (tertiary alicyclic amines) is 1. The number of hydrogen-bond donors (Lipinski definition) is 1. The van der Waals surface area contributed by atoms with E-state index in [4.69, 9.17) is 4.74 Å². The van der Waals surface area contributed by atoms with Crippen LogP contribution in [-0.2, 0) is 28.0 Å². The van der Waals surface area contributed by atoms with Crippen LogP contribution < -0.4 is 0 Å². The molecular formula is C20H23NO3S. The zero-order valence-corrected chi connectivity index (χ0v) is 15.1. The molecule has 0 atom stereocenters. The van der Waals surface area contributed by atoms with Gasteiger partial charge in [-0.1, -0.05) is 12.1 Å². The Hall–Kier alpha value is -1.85. The second kappa shape index (κ2) is 6.81. The predicted molar refractivity (Wildman–Crippen MR) is 97.9 cm³/mol. The van der Waals surface area contributed by atoms with Gasteiger partial charge in [0.05, 0.1) is 12.2 Å². The highest BCUT2D eigenvalue weighted by Crippen LogP contribution is 2.43. The number of rotatable bonds is 3. The van der Waals surface area contributed by atoms with Crippen LogP contribution >= 0.6 is 11.3 Å². The summed E-state index contributed by atoms with van der Waals surface area (Å²) in [5.41, 5.74) is 2.28. The maximum atomic E-state index is 12.5. The Labute approximate surface area is 152 Å².